The zero-order valence-electron chi connectivity index (χ0n) is 4.81. The van der Waals surface area contributed by atoms with E-state index in [4.69, 9.17) is 16.9 Å². The zero-order valence-corrected chi connectivity index (χ0v) is 5.56. The molecule has 0 fully saturated rings. The van der Waals surface area contributed by atoms with Gasteiger partial charge in [0, 0.05) is 12.4 Å². The third-order valence-electron chi connectivity index (χ3n) is 0.958. The third-order valence-corrected chi connectivity index (χ3v) is 1.22. The van der Waals surface area contributed by atoms with E-state index in [9.17, 15) is 4.39 Å². The molecule has 50 valence electrons. The number of hydrogen-bond donors (Lipinski definition) is 0. The average molecular weight is 157 g/mol. The highest BCUT2D eigenvalue weighted by Crippen LogP contribution is 2.14. The topological polar surface area (TPSA) is 36.7 Å². The van der Waals surface area contributed by atoms with Crippen LogP contribution in [0.2, 0.25) is 5.02 Å². The van der Waals surface area contributed by atoms with Gasteiger partial charge in [-0.15, -0.1) is 0 Å². The van der Waals surface area contributed by atoms with Gasteiger partial charge in [0.1, 0.15) is 11.6 Å². The monoisotopic (exact) mass is 156 g/mol. The van der Waals surface area contributed by atoms with Gasteiger partial charge in [0.25, 0.3) is 0 Å². The van der Waals surface area contributed by atoms with Gasteiger partial charge in [0.15, 0.2) is 5.82 Å². The molecule has 1 aromatic rings. The molecule has 10 heavy (non-hydrogen) atoms. The lowest BCUT2D eigenvalue weighted by Crippen LogP contribution is -1.85. The second-order valence-corrected chi connectivity index (χ2v) is 2.00. The highest BCUT2D eigenvalue weighted by Gasteiger charge is 2.04. The first-order valence-electron chi connectivity index (χ1n) is 2.45. The van der Waals surface area contributed by atoms with Gasteiger partial charge in [-0.3, -0.25) is 4.98 Å². The predicted octanol–water partition coefficient (Wildman–Crippen LogP) is 1.75. The minimum atomic E-state index is -0.709. The Morgan fingerprint density at radius 1 is 1.60 bits per heavy atom. The first-order valence-corrected chi connectivity index (χ1v) is 2.82. The standard InChI is InChI=1S/C6H2ClFN2/c7-5-3-10-2-4(1-9)6(5)8/h2-3H. The molecule has 1 rings (SSSR count). The number of aromatic nitrogens is 1. The maximum absolute atomic E-state index is 12.6. The fourth-order valence-electron chi connectivity index (χ4n) is 0.497. The van der Waals surface area contributed by atoms with Crippen LogP contribution in [0.1, 0.15) is 5.56 Å². The Kier molecular flexibility index (Phi) is 1.83. The van der Waals surface area contributed by atoms with Gasteiger partial charge in [-0.05, 0) is 0 Å². The highest BCUT2D eigenvalue weighted by atomic mass is 35.5. The van der Waals surface area contributed by atoms with E-state index in [2.05, 4.69) is 4.98 Å². The SMILES string of the molecule is N#Cc1cncc(Cl)c1F. The van der Waals surface area contributed by atoms with E-state index >= 15 is 0 Å². The van der Waals surface area contributed by atoms with Crippen LogP contribution in [0, 0.1) is 17.1 Å². The van der Waals surface area contributed by atoms with Gasteiger partial charge >= 0.3 is 0 Å². The van der Waals surface area contributed by atoms with E-state index in [1.807, 2.05) is 0 Å². The third kappa shape index (κ3) is 1.07. The van der Waals surface area contributed by atoms with Crippen LogP contribution in [0.4, 0.5) is 4.39 Å². The second kappa shape index (κ2) is 2.63. The summed E-state index contributed by atoms with van der Waals surface area (Å²) >= 11 is 5.30. The van der Waals surface area contributed by atoms with Crippen LogP contribution in [0.3, 0.4) is 0 Å². The predicted molar refractivity (Wildman–Crippen MR) is 33.9 cm³/mol. The number of nitriles is 1. The minimum Gasteiger partial charge on any atom is -0.262 e. The molecule has 0 aliphatic carbocycles. The van der Waals surface area contributed by atoms with E-state index in [0.29, 0.717) is 0 Å². The summed E-state index contributed by atoms with van der Waals surface area (Å²) in [5, 5.41) is 8.13. The van der Waals surface area contributed by atoms with E-state index < -0.39 is 5.82 Å². The maximum atomic E-state index is 12.6. The number of rotatable bonds is 0. The van der Waals surface area contributed by atoms with Crippen molar-refractivity contribution in [2.45, 2.75) is 0 Å². The van der Waals surface area contributed by atoms with Gasteiger partial charge < -0.3 is 0 Å². The first kappa shape index (κ1) is 6.97. The number of nitrogens with zero attached hydrogens (tertiary/aromatic N) is 2. The summed E-state index contributed by atoms with van der Waals surface area (Å²) < 4.78 is 12.6. The molecule has 0 radical (unpaired) electrons. The Morgan fingerprint density at radius 2 is 2.30 bits per heavy atom. The number of halogens is 2. The van der Waals surface area contributed by atoms with Crippen LogP contribution in [0.25, 0.3) is 0 Å². The Bertz CT molecular complexity index is 292. The fourth-order valence-corrected chi connectivity index (χ4v) is 0.655. The molecule has 0 aliphatic rings. The minimum absolute atomic E-state index is 0.126. The quantitative estimate of drug-likeness (QED) is 0.574. The van der Waals surface area contributed by atoms with Gasteiger partial charge in [0.2, 0.25) is 0 Å². The van der Waals surface area contributed by atoms with Gasteiger partial charge in [-0.25, -0.2) is 4.39 Å². The smallest absolute Gasteiger partial charge is 0.162 e. The Balaban J connectivity index is 3.31. The largest absolute Gasteiger partial charge is 0.262 e. The second-order valence-electron chi connectivity index (χ2n) is 1.59. The zero-order chi connectivity index (χ0) is 7.56. The highest BCUT2D eigenvalue weighted by molar-refractivity contribution is 6.30. The summed E-state index contributed by atoms with van der Waals surface area (Å²) in [6.45, 7) is 0. The van der Waals surface area contributed by atoms with Crippen molar-refractivity contribution in [3.63, 3.8) is 0 Å². The molecule has 1 heterocycles. The van der Waals surface area contributed by atoms with Crippen molar-refractivity contribution in [3.05, 3.63) is 28.8 Å². The van der Waals surface area contributed by atoms with Crippen molar-refractivity contribution < 1.29 is 4.39 Å². The summed E-state index contributed by atoms with van der Waals surface area (Å²) in [6, 6.07) is 1.61. The Morgan fingerprint density at radius 3 is 2.80 bits per heavy atom. The lowest BCUT2D eigenvalue weighted by Gasteiger charge is -1.91. The van der Waals surface area contributed by atoms with Gasteiger partial charge in [-0.1, -0.05) is 11.6 Å². The van der Waals surface area contributed by atoms with Crippen molar-refractivity contribution in [1.82, 2.24) is 4.98 Å². The molecule has 0 aromatic carbocycles. The van der Waals surface area contributed by atoms with Crippen molar-refractivity contribution in [2.24, 2.45) is 0 Å². The molecule has 1 aromatic heterocycles. The lowest BCUT2D eigenvalue weighted by molar-refractivity contribution is 0.622. The Hall–Kier alpha value is -1.14. The molecule has 0 bridgehead atoms. The molecule has 0 unspecified atom stereocenters. The summed E-state index contributed by atoms with van der Waals surface area (Å²) in [4.78, 5) is 3.52. The van der Waals surface area contributed by atoms with Crippen LogP contribution in [0.5, 0.6) is 0 Å². The molecular formula is C6H2ClFN2. The summed E-state index contributed by atoms with van der Waals surface area (Å²) in [6.07, 6.45) is 2.28. The molecule has 0 amide bonds. The summed E-state index contributed by atoms with van der Waals surface area (Å²) in [5.74, 6) is -0.709. The molecule has 0 saturated carbocycles. The van der Waals surface area contributed by atoms with Crippen LogP contribution < -0.4 is 0 Å². The van der Waals surface area contributed by atoms with Crippen molar-refractivity contribution in [2.75, 3.05) is 0 Å². The van der Waals surface area contributed by atoms with Crippen LogP contribution in [-0.4, -0.2) is 4.98 Å². The van der Waals surface area contributed by atoms with E-state index in [1.165, 1.54) is 0 Å². The molecule has 0 spiro atoms. The van der Waals surface area contributed by atoms with Gasteiger partial charge in [0.05, 0.1) is 5.02 Å². The van der Waals surface area contributed by atoms with Crippen LogP contribution in [0.15, 0.2) is 12.4 Å². The molecular weight excluding hydrogens is 155 g/mol. The number of hydrogen-bond acceptors (Lipinski definition) is 2. The fraction of sp³-hybridized carbons (Fsp3) is 0. The molecule has 0 aliphatic heterocycles. The average Bonchev–Trinajstić information content (AvgIpc) is 1.95. The van der Waals surface area contributed by atoms with E-state index in [1.54, 1.807) is 6.07 Å². The first-order chi connectivity index (χ1) is 4.75. The van der Waals surface area contributed by atoms with Gasteiger partial charge in [-0.2, -0.15) is 5.26 Å². The van der Waals surface area contributed by atoms with Crippen LogP contribution >= 0.6 is 11.6 Å². The van der Waals surface area contributed by atoms with Crippen molar-refractivity contribution in [1.29, 1.82) is 5.26 Å². The molecule has 2 nitrogen and oxygen atoms in total. The lowest BCUT2D eigenvalue weighted by atomic mass is 10.3. The van der Waals surface area contributed by atoms with Crippen LogP contribution in [-0.2, 0) is 0 Å². The summed E-state index contributed by atoms with van der Waals surface area (Å²) in [7, 11) is 0. The molecule has 0 saturated heterocycles. The van der Waals surface area contributed by atoms with Crippen molar-refractivity contribution in [3.8, 4) is 6.07 Å². The van der Waals surface area contributed by atoms with E-state index in [0.717, 1.165) is 12.4 Å². The molecule has 0 atom stereocenters. The van der Waals surface area contributed by atoms with E-state index in [-0.39, 0.29) is 10.6 Å². The normalized spacial score (nSPS) is 8.90. The Labute approximate surface area is 61.9 Å². The molecule has 0 N–H and O–H groups in total. The summed E-state index contributed by atoms with van der Waals surface area (Å²) in [5.41, 5.74) is -0.132. The molecule has 4 heteroatoms. The number of pyridine rings is 1. The van der Waals surface area contributed by atoms with Crippen molar-refractivity contribution >= 4 is 11.6 Å². The maximum Gasteiger partial charge on any atom is 0.162 e.